The fraction of sp³-hybridized carbons (Fsp3) is 0.333. The first-order valence-electron chi connectivity index (χ1n) is 8.81. The molecule has 0 radical (unpaired) electrons. The number of amides is 1. The molecule has 136 valence electrons. The van der Waals surface area contributed by atoms with Gasteiger partial charge in [-0.15, -0.1) is 0 Å². The second kappa shape index (κ2) is 7.28. The monoisotopic (exact) mass is 353 g/mol. The third kappa shape index (κ3) is 3.47. The van der Waals surface area contributed by atoms with Gasteiger partial charge >= 0.3 is 0 Å². The molecule has 3 rings (SSSR count). The van der Waals surface area contributed by atoms with E-state index in [1.807, 2.05) is 36.7 Å². The molecule has 0 aliphatic carbocycles. The fourth-order valence-electron chi connectivity index (χ4n) is 3.33. The number of aryl methyl sites for hydroxylation is 2. The second-order valence-electron chi connectivity index (χ2n) is 6.81. The highest BCUT2D eigenvalue weighted by molar-refractivity contribution is 5.85. The van der Waals surface area contributed by atoms with Crippen molar-refractivity contribution in [3.05, 3.63) is 64.9 Å². The molecule has 5 heteroatoms. The maximum absolute atomic E-state index is 13.7. The van der Waals surface area contributed by atoms with Crippen molar-refractivity contribution in [1.29, 1.82) is 0 Å². The quantitative estimate of drug-likeness (QED) is 0.701. The zero-order chi connectivity index (χ0) is 18.8. The molecular formula is C21H24FN3O. The van der Waals surface area contributed by atoms with E-state index in [4.69, 9.17) is 0 Å². The predicted molar refractivity (Wildman–Crippen MR) is 102 cm³/mol. The molecule has 0 fully saturated rings. The van der Waals surface area contributed by atoms with Gasteiger partial charge in [-0.05, 0) is 54.3 Å². The number of likely N-dealkylation sites (N-methyl/N-ethyl adjacent to an activating group) is 1. The SMILES string of the molecule is CCc1cc(F)cc(C)c1Cc1nccc2c1ccn2CC(=O)N(C)C. The van der Waals surface area contributed by atoms with Gasteiger partial charge in [-0.25, -0.2) is 4.39 Å². The van der Waals surface area contributed by atoms with Crippen LogP contribution in [0.5, 0.6) is 0 Å². The molecule has 2 heterocycles. The van der Waals surface area contributed by atoms with Gasteiger partial charge in [0.2, 0.25) is 5.91 Å². The molecule has 1 amide bonds. The number of aromatic nitrogens is 2. The van der Waals surface area contributed by atoms with Crippen LogP contribution in [0, 0.1) is 12.7 Å². The third-order valence-corrected chi connectivity index (χ3v) is 4.84. The first kappa shape index (κ1) is 18.1. The molecular weight excluding hydrogens is 329 g/mol. The van der Waals surface area contributed by atoms with E-state index in [-0.39, 0.29) is 11.7 Å². The van der Waals surface area contributed by atoms with E-state index in [1.165, 1.54) is 0 Å². The van der Waals surface area contributed by atoms with E-state index in [2.05, 4.69) is 4.98 Å². The standard InChI is InChI=1S/C21H24FN3O/c1-5-15-11-16(22)10-14(2)18(15)12-19-17-7-9-25(13-21(26)24(3)4)20(17)6-8-23-19/h6-11H,5,12-13H2,1-4H3. The Hall–Kier alpha value is -2.69. The molecule has 0 spiro atoms. The largest absolute Gasteiger partial charge is 0.347 e. The first-order valence-corrected chi connectivity index (χ1v) is 8.81. The van der Waals surface area contributed by atoms with Gasteiger partial charge in [0.15, 0.2) is 0 Å². The smallest absolute Gasteiger partial charge is 0.241 e. The maximum atomic E-state index is 13.7. The molecule has 26 heavy (non-hydrogen) atoms. The van der Waals surface area contributed by atoms with Crippen LogP contribution in [0.25, 0.3) is 10.9 Å². The van der Waals surface area contributed by atoms with Crippen LogP contribution in [-0.2, 0) is 24.2 Å². The summed E-state index contributed by atoms with van der Waals surface area (Å²) >= 11 is 0. The summed E-state index contributed by atoms with van der Waals surface area (Å²) in [4.78, 5) is 18.2. The molecule has 0 saturated carbocycles. The molecule has 2 aromatic heterocycles. The molecule has 0 N–H and O–H groups in total. The first-order chi connectivity index (χ1) is 12.4. The summed E-state index contributed by atoms with van der Waals surface area (Å²) in [5.74, 6) is -0.147. The minimum Gasteiger partial charge on any atom is -0.347 e. The van der Waals surface area contributed by atoms with Gasteiger partial charge in [0, 0.05) is 38.3 Å². The number of hydrogen-bond acceptors (Lipinski definition) is 2. The van der Waals surface area contributed by atoms with Crippen LogP contribution in [0.15, 0.2) is 36.7 Å². The van der Waals surface area contributed by atoms with Crippen molar-refractivity contribution in [1.82, 2.24) is 14.5 Å². The molecule has 0 aliphatic rings. The van der Waals surface area contributed by atoms with Gasteiger partial charge in [0.1, 0.15) is 12.4 Å². The van der Waals surface area contributed by atoms with Crippen molar-refractivity contribution in [2.24, 2.45) is 0 Å². The lowest BCUT2D eigenvalue weighted by Crippen LogP contribution is -2.25. The number of benzene rings is 1. The Morgan fingerprint density at radius 1 is 1.27 bits per heavy atom. The van der Waals surface area contributed by atoms with Crippen LogP contribution >= 0.6 is 0 Å². The van der Waals surface area contributed by atoms with Crippen molar-refractivity contribution in [3.8, 4) is 0 Å². The molecule has 4 nitrogen and oxygen atoms in total. The highest BCUT2D eigenvalue weighted by Crippen LogP contribution is 2.25. The van der Waals surface area contributed by atoms with Crippen LogP contribution < -0.4 is 0 Å². The highest BCUT2D eigenvalue weighted by atomic mass is 19.1. The molecule has 1 aromatic carbocycles. The van der Waals surface area contributed by atoms with Crippen molar-refractivity contribution in [2.45, 2.75) is 33.2 Å². The molecule has 0 unspecified atom stereocenters. The van der Waals surface area contributed by atoms with E-state index >= 15 is 0 Å². The summed E-state index contributed by atoms with van der Waals surface area (Å²) in [5.41, 5.74) is 5.03. The Kier molecular flexibility index (Phi) is 5.07. The number of nitrogens with zero attached hydrogens (tertiary/aromatic N) is 3. The number of rotatable bonds is 5. The summed E-state index contributed by atoms with van der Waals surface area (Å²) < 4.78 is 15.7. The van der Waals surface area contributed by atoms with E-state index in [0.717, 1.165) is 39.7 Å². The van der Waals surface area contributed by atoms with Gasteiger partial charge in [-0.1, -0.05) is 6.92 Å². The number of fused-ring (bicyclic) bond motifs is 1. The van der Waals surface area contributed by atoms with Crippen LogP contribution in [0.3, 0.4) is 0 Å². The third-order valence-electron chi connectivity index (χ3n) is 4.84. The van der Waals surface area contributed by atoms with Crippen molar-refractivity contribution >= 4 is 16.8 Å². The lowest BCUT2D eigenvalue weighted by atomic mass is 9.95. The summed E-state index contributed by atoms with van der Waals surface area (Å²) in [6.07, 6.45) is 5.13. The molecule has 0 bridgehead atoms. The molecule has 0 saturated heterocycles. The van der Waals surface area contributed by atoms with Crippen LogP contribution in [0.2, 0.25) is 0 Å². The fourth-order valence-corrected chi connectivity index (χ4v) is 3.33. The average molecular weight is 353 g/mol. The molecule has 3 aromatic rings. The highest BCUT2D eigenvalue weighted by Gasteiger charge is 2.14. The van der Waals surface area contributed by atoms with Gasteiger partial charge in [0.25, 0.3) is 0 Å². The van der Waals surface area contributed by atoms with Crippen LogP contribution in [0.4, 0.5) is 4.39 Å². The Labute approximate surface area is 153 Å². The second-order valence-corrected chi connectivity index (χ2v) is 6.81. The van der Waals surface area contributed by atoms with Crippen molar-refractivity contribution in [3.63, 3.8) is 0 Å². The van der Waals surface area contributed by atoms with E-state index in [0.29, 0.717) is 13.0 Å². The number of carbonyl (C=O) groups excluding carboxylic acids is 1. The number of hydrogen-bond donors (Lipinski definition) is 0. The van der Waals surface area contributed by atoms with Gasteiger partial charge in [-0.3, -0.25) is 9.78 Å². The molecule has 0 aliphatic heterocycles. The maximum Gasteiger partial charge on any atom is 0.241 e. The van der Waals surface area contributed by atoms with E-state index in [1.54, 1.807) is 37.3 Å². The van der Waals surface area contributed by atoms with Gasteiger partial charge < -0.3 is 9.47 Å². The predicted octanol–water partition coefficient (Wildman–Crippen LogP) is 3.73. The Morgan fingerprint density at radius 3 is 2.73 bits per heavy atom. The Balaban J connectivity index is 2.00. The van der Waals surface area contributed by atoms with E-state index in [9.17, 15) is 9.18 Å². The number of pyridine rings is 1. The minimum absolute atomic E-state index is 0.0449. The zero-order valence-corrected chi connectivity index (χ0v) is 15.7. The summed E-state index contributed by atoms with van der Waals surface area (Å²) in [6.45, 7) is 4.28. The molecule has 0 atom stereocenters. The number of halogens is 1. The summed E-state index contributed by atoms with van der Waals surface area (Å²) in [5, 5.41) is 1.03. The number of carbonyl (C=O) groups is 1. The van der Waals surface area contributed by atoms with Crippen LogP contribution in [-0.4, -0.2) is 34.5 Å². The normalized spacial score (nSPS) is 11.1. The van der Waals surface area contributed by atoms with Crippen LogP contribution in [0.1, 0.15) is 29.3 Å². The topological polar surface area (TPSA) is 38.1 Å². The van der Waals surface area contributed by atoms with Gasteiger partial charge in [-0.2, -0.15) is 0 Å². The van der Waals surface area contributed by atoms with Crippen molar-refractivity contribution in [2.75, 3.05) is 14.1 Å². The van der Waals surface area contributed by atoms with E-state index < -0.39 is 0 Å². The lowest BCUT2D eigenvalue weighted by Gasteiger charge is -2.13. The Bertz CT molecular complexity index is 959. The Morgan fingerprint density at radius 2 is 2.04 bits per heavy atom. The van der Waals surface area contributed by atoms with Crippen molar-refractivity contribution < 1.29 is 9.18 Å². The summed E-state index contributed by atoms with van der Waals surface area (Å²) in [7, 11) is 3.51. The minimum atomic E-state index is -0.192. The average Bonchev–Trinajstić information content (AvgIpc) is 3.00. The summed E-state index contributed by atoms with van der Waals surface area (Å²) in [6, 6.07) is 7.13. The van der Waals surface area contributed by atoms with Gasteiger partial charge in [0.05, 0.1) is 11.2 Å². The lowest BCUT2D eigenvalue weighted by molar-refractivity contribution is -0.129. The zero-order valence-electron chi connectivity index (χ0n) is 15.7.